The van der Waals surface area contributed by atoms with Crippen LogP contribution in [0.2, 0.25) is 0 Å². The van der Waals surface area contributed by atoms with Gasteiger partial charge in [0.15, 0.2) is 0 Å². The number of amides is 1. The van der Waals surface area contributed by atoms with Crippen LogP contribution in [-0.2, 0) is 25.2 Å². The van der Waals surface area contributed by atoms with Crippen molar-refractivity contribution in [3.63, 3.8) is 0 Å². The van der Waals surface area contributed by atoms with Crippen LogP contribution in [-0.4, -0.2) is 43.1 Å². The van der Waals surface area contributed by atoms with E-state index < -0.39 is 25.3 Å². The van der Waals surface area contributed by atoms with E-state index >= 15 is 0 Å². The van der Waals surface area contributed by atoms with E-state index in [0.29, 0.717) is 17.8 Å². The highest BCUT2D eigenvalue weighted by molar-refractivity contribution is 7.92. The summed E-state index contributed by atoms with van der Waals surface area (Å²) in [6.45, 7) is 5.89. The third-order valence-corrected chi connectivity index (χ3v) is 8.92. The van der Waals surface area contributed by atoms with Gasteiger partial charge >= 0.3 is 0 Å². The molecule has 2 aromatic carbocycles. The average Bonchev–Trinajstić information content (AvgIpc) is 3.04. The summed E-state index contributed by atoms with van der Waals surface area (Å²) in [6.07, 6.45) is 8.54. The Morgan fingerprint density at radius 2 is 1.69 bits per heavy atom. The van der Waals surface area contributed by atoms with E-state index in [-0.39, 0.29) is 16.2 Å². The minimum atomic E-state index is -3.77. The van der Waals surface area contributed by atoms with Gasteiger partial charge in [0.05, 0.1) is 10.6 Å². The number of benzene rings is 2. The highest BCUT2D eigenvalue weighted by Gasteiger charge is 2.45. The van der Waals surface area contributed by atoms with Gasteiger partial charge < -0.3 is 4.90 Å². The van der Waals surface area contributed by atoms with Crippen molar-refractivity contribution in [2.45, 2.75) is 68.7 Å². The first-order valence-electron chi connectivity index (χ1n) is 12.0. The maximum Gasteiger partial charge on any atom is 0.258 e. The number of carbonyl (C=O) groups excluding carboxylic acids is 1. The van der Waals surface area contributed by atoms with Gasteiger partial charge in [-0.15, -0.1) is 0 Å². The predicted molar refractivity (Wildman–Crippen MR) is 141 cm³/mol. The molecule has 1 aliphatic heterocycles. The van der Waals surface area contributed by atoms with Gasteiger partial charge in [-0.25, -0.2) is 17.3 Å². The van der Waals surface area contributed by atoms with Crippen molar-refractivity contribution >= 4 is 37.0 Å². The summed E-state index contributed by atoms with van der Waals surface area (Å²) in [7, 11) is -6.08. The van der Waals surface area contributed by atoms with Gasteiger partial charge in [-0.1, -0.05) is 25.3 Å². The number of fused-ring (bicyclic) bond motifs is 2. The number of sulfonamides is 1. The van der Waals surface area contributed by atoms with Crippen molar-refractivity contribution in [2.24, 2.45) is 4.36 Å². The monoisotopic (exact) mass is 517 g/mol. The number of rotatable bonds is 4. The first-order chi connectivity index (χ1) is 16.2. The molecule has 1 N–H and O–H groups in total. The molecule has 0 aromatic heterocycles. The molecule has 7 nitrogen and oxygen atoms in total. The van der Waals surface area contributed by atoms with E-state index in [1.807, 2.05) is 18.2 Å². The van der Waals surface area contributed by atoms with Crippen LogP contribution in [0.15, 0.2) is 51.7 Å². The van der Waals surface area contributed by atoms with Crippen molar-refractivity contribution in [3.8, 4) is 0 Å². The molecule has 2 aliphatic rings. The Morgan fingerprint density at radius 1 is 1.00 bits per heavy atom. The molecule has 9 heteroatoms. The van der Waals surface area contributed by atoms with Crippen LogP contribution in [0, 0.1) is 0 Å². The van der Waals surface area contributed by atoms with E-state index in [9.17, 15) is 17.4 Å². The minimum Gasteiger partial charge on any atom is -0.307 e. The molecule has 1 heterocycles. The van der Waals surface area contributed by atoms with Crippen molar-refractivity contribution in [3.05, 3.63) is 53.6 Å². The second kappa shape index (κ2) is 9.01. The molecule has 1 aliphatic carbocycles. The van der Waals surface area contributed by atoms with E-state index in [2.05, 4.69) is 9.08 Å². The molecule has 1 fully saturated rings. The molecule has 2 aromatic rings. The quantitative estimate of drug-likeness (QED) is 0.618. The summed E-state index contributed by atoms with van der Waals surface area (Å²) in [5.74, 6) is -0.221. The molecule has 190 valence electrons. The Morgan fingerprint density at radius 3 is 2.31 bits per heavy atom. The number of carbonyl (C=O) groups is 1. The standard InChI is InChI=1S/C26H35N3O4S2/c1-25(2,3)28-35(32,33)21-11-9-10-19(16-21)24(30)29-18-26(14-7-6-8-15-26)22-17-20(12-13-23(22)29)27-34(4,5)31/h9-13,16-17,28H,6-8,14-15,18H2,1-5H3. The number of hydrogen-bond acceptors (Lipinski definition) is 5. The van der Waals surface area contributed by atoms with Gasteiger partial charge in [0.1, 0.15) is 0 Å². The van der Waals surface area contributed by atoms with E-state index in [4.69, 9.17) is 0 Å². The zero-order chi connectivity index (χ0) is 25.6. The van der Waals surface area contributed by atoms with Gasteiger partial charge in [-0.05, 0) is 75.6 Å². The van der Waals surface area contributed by atoms with Crippen molar-refractivity contribution < 1.29 is 17.4 Å². The highest BCUT2D eigenvalue weighted by atomic mass is 32.2. The van der Waals surface area contributed by atoms with Crippen LogP contribution in [0.25, 0.3) is 0 Å². The third-order valence-electron chi connectivity index (χ3n) is 6.52. The Balaban J connectivity index is 1.74. The number of hydrogen-bond donors (Lipinski definition) is 1. The van der Waals surface area contributed by atoms with Gasteiger partial charge in [0.25, 0.3) is 5.91 Å². The number of nitrogens with one attached hydrogen (secondary N) is 1. The predicted octanol–water partition coefficient (Wildman–Crippen LogP) is 4.98. The van der Waals surface area contributed by atoms with Gasteiger partial charge in [-0.2, -0.15) is 4.36 Å². The van der Waals surface area contributed by atoms with Crippen molar-refractivity contribution in [1.29, 1.82) is 0 Å². The zero-order valence-electron chi connectivity index (χ0n) is 21.1. The SMILES string of the molecule is CC(C)(C)NS(=O)(=O)c1cccc(C(=O)N2CC3(CCCCC3)c3cc(N=S(C)(C)=O)ccc32)c1. The first-order valence-corrected chi connectivity index (χ1v) is 15.8. The second-order valence-corrected chi connectivity index (χ2v) is 15.3. The lowest BCUT2D eigenvalue weighted by atomic mass is 9.70. The molecule has 0 saturated heterocycles. The maximum atomic E-state index is 13.8. The summed E-state index contributed by atoms with van der Waals surface area (Å²) < 4.78 is 45.1. The third kappa shape index (κ3) is 5.62. The average molecular weight is 518 g/mol. The summed E-state index contributed by atoms with van der Waals surface area (Å²) in [6, 6.07) is 11.9. The zero-order valence-corrected chi connectivity index (χ0v) is 22.8. The first kappa shape index (κ1) is 25.9. The molecular formula is C26H35N3O4S2. The molecule has 4 rings (SSSR count). The van der Waals surface area contributed by atoms with Crippen LogP contribution in [0.3, 0.4) is 0 Å². The fraction of sp³-hybridized carbons (Fsp3) is 0.500. The van der Waals surface area contributed by atoms with Crippen LogP contribution in [0.1, 0.15) is 68.8 Å². The van der Waals surface area contributed by atoms with Crippen molar-refractivity contribution in [2.75, 3.05) is 24.0 Å². The molecule has 1 amide bonds. The molecule has 0 atom stereocenters. The molecule has 0 radical (unpaired) electrons. The lowest BCUT2D eigenvalue weighted by Gasteiger charge is -2.34. The number of anilines is 1. The van der Waals surface area contributed by atoms with Crippen LogP contribution in [0.4, 0.5) is 11.4 Å². The smallest absolute Gasteiger partial charge is 0.258 e. The highest BCUT2D eigenvalue weighted by Crippen LogP contribution is 2.50. The Labute approximate surface area is 209 Å². The fourth-order valence-corrected chi connectivity index (χ4v) is 7.30. The molecular weight excluding hydrogens is 482 g/mol. The van der Waals surface area contributed by atoms with E-state index in [1.54, 1.807) is 50.3 Å². The summed E-state index contributed by atoms with van der Waals surface area (Å²) in [4.78, 5) is 15.6. The Kier molecular flexibility index (Phi) is 6.66. The topological polar surface area (TPSA) is 95.9 Å². The molecule has 1 saturated carbocycles. The van der Waals surface area contributed by atoms with Gasteiger partial charge in [0, 0.05) is 51.0 Å². The normalized spacial score (nSPS) is 17.9. The largest absolute Gasteiger partial charge is 0.307 e. The Bertz CT molecular complexity index is 1370. The second-order valence-electron chi connectivity index (χ2n) is 11.1. The maximum absolute atomic E-state index is 13.8. The summed E-state index contributed by atoms with van der Waals surface area (Å²) in [5, 5.41) is 0. The summed E-state index contributed by atoms with van der Waals surface area (Å²) in [5.41, 5.74) is 2.11. The lowest BCUT2D eigenvalue weighted by Crippen LogP contribution is -2.40. The lowest BCUT2D eigenvalue weighted by molar-refractivity contribution is 0.0982. The fourth-order valence-electron chi connectivity index (χ4n) is 5.22. The van der Waals surface area contributed by atoms with Crippen LogP contribution in [0.5, 0.6) is 0 Å². The van der Waals surface area contributed by atoms with Crippen LogP contribution >= 0.6 is 0 Å². The van der Waals surface area contributed by atoms with Gasteiger partial charge in [-0.3, -0.25) is 4.79 Å². The Hall–Kier alpha value is -2.23. The molecule has 35 heavy (non-hydrogen) atoms. The minimum absolute atomic E-state index is 0.0693. The van der Waals surface area contributed by atoms with Crippen molar-refractivity contribution in [1.82, 2.24) is 4.72 Å². The molecule has 0 bridgehead atoms. The van der Waals surface area contributed by atoms with E-state index in [1.165, 1.54) is 18.6 Å². The van der Waals surface area contributed by atoms with Gasteiger partial charge in [0.2, 0.25) is 10.0 Å². The number of nitrogens with zero attached hydrogens (tertiary/aromatic N) is 2. The summed E-state index contributed by atoms with van der Waals surface area (Å²) >= 11 is 0. The molecule has 1 spiro atoms. The van der Waals surface area contributed by atoms with E-state index in [0.717, 1.165) is 36.9 Å². The molecule has 0 unspecified atom stereocenters. The van der Waals surface area contributed by atoms with Crippen LogP contribution < -0.4 is 9.62 Å².